The summed E-state index contributed by atoms with van der Waals surface area (Å²) in [6.07, 6.45) is 0.514. The Morgan fingerprint density at radius 1 is 1.20 bits per heavy atom. The van der Waals surface area contributed by atoms with Crippen LogP contribution in [0.1, 0.15) is 66.3 Å². The maximum atomic E-state index is 14.4. The minimum absolute atomic E-state index is 0.119. The molecule has 0 radical (unpaired) electrons. The number of rotatable bonds is 7. The summed E-state index contributed by atoms with van der Waals surface area (Å²) in [5.41, 5.74) is 3.46. The van der Waals surface area contributed by atoms with E-state index in [-0.39, 0.29) is 17.9 Å². The number of alkyl halides is 3. The van der Waals surface area contributed by atoms with E-state index in [9.17, 15) is 17.6 Å². The van der Waals surface area contributed by atoms with Gasteiger partial charge in [0.25, 0.3) is 0 Å². The van der Waals surface area contributed by atoms with Crippen LogP contribution in [0.5, 0.6) is 0 Å². The Hall–Kier alpha value is -2.93. The molecule has 0 saturated carbocycles. The Balaban J connectivity index is 1.50. The standard InChI is InChI=1S/C27H25ClF4N2O/c1-3-23-26(34-24(35-23)14-19-8-5-9-22(25(19)29)27(30,31)32)16(2)33-13-12-18-7-4-6-17-10-11-20(28)15-21(17)18/h5,7-11,15H,3-4,6,12-14H2,1-2H3. The number of aryl methyl sites for hydroxylation is 2. The third-order valence-electron chi connectivity index (χ3n) is 6.08. The van der Waals surface area contributed by atoms with Gasteiger partial charge in [-0.2, -0.15) is 13.2 Å². The number of fused-ring (bicyclic) bond motifs is 1. The Morgan fingerprint density at radius 3 is 2.74 bits per heavy atom. The lowest BCUT2D eigenvalue weighted by Gasteiger charge is -2.17. The zero-order valence-electron chi connectivity index (χ0n) is 19.5. The minimum Gasteiger partial charge on any atom is -0.445 e. The predicted octanol–water partition coefficient (Wildman–Crippen LogP) is 7.87. The molecule has 0 fully saturated rings. The smallest absolute Gasteiger partial charge is 0.419 e. The number of hydrogen-bond acceptors (Lipinski definition) is 3. The van der Waals surface area contributed by atoms with Crippen molar-refractivity contribution in [1.29, 1.82) is 0 Å². The molecule has 2 aromatic carbocycles. The van der Waals surface area contributed by atoms with Crippen LogP contribution in [-0.2, 0) is 25.4 Å². The van der Waals surface area contributed by atoms with E-state index >= 15 is 0 Å². The highest BCUT2D eigenvalue weighted by molar-refractivity contribution is 6.30. The Kier molecular flexibility index (Phi) is 7.45. The molecule has 0 spiro atoms. The summed E-state index contributed by atoms with van der Waals surface area (Å²) < 4.78 is 59.3. The molecule has 184 valence electrons. The fourth-order valence-corrected chi connectivity index (χ4v) is 4.50. The van der Waals surface area contributed by atoms with E-state index in [1.165, 1.54) is 23.3 Å². The fraction of sp³-hybridized carbons (Fsp3) is 0.333. The summed E-state index contributed by atoms with van der Waals surface area (Å²) in [6, 6.07) is 9.18. The largest absolute Gasteiger partial charge is 0.445 e. The Morgan fingerprint density at radius 2 is 2.00 bits per heavy atom. The SMILES string of the molecule is CCc1oc(Cc2cccc(C(F)(F)F)c2F)nc1C(C)=NCCC1=CCCc2ccc(Cl)cc21. The molecule has 0 atom stereocenters. The lowest BCUT2D eigenvalue weighted by atomic mass is 9.89. The van der Waals surface area contributed by atoms with Crippen molar-refractivity contribution in [2.75, 3.05) is 6.54 Å². The van der Waals surface area contributed by atoms with E-state index in [2.05, 4.69) is 22.1 Å². The van der Waals surface area contributed by atoms with Gasteiger partial charge in [0.2, 0.25) is 0 Å². The van der Waals surface area contributed by atoms with E-state index in [4.69, 9.17) is 16.0 Å². The van der Waals surface area contributed by atoms with Crippen LogP contribution < -0.4 is 0 Å². The van der Waals surface area contributed by atoms with Crippen LogP contribution in [0.2, 0.25) is 5.02 Å². The van der Waals surface area contributed by atoms with Gasteiger partial charge in [-0.05, 0) is 66.6 Å². The molecule has 1 aromatic heterocycles. The summed E-state index contributed by atoms with van der Waals surface area (Å²) in [5.74, 6) is -0.574. The second kappa shape index (κ2) is 10.4. The predicted molar refractivity (Wildman–Crippen MR) is 130 cm³/mol. The molecule has 3 nitrogen and oxygen atoms in total. The highest BCUT2D eigenvalue weighted by Crippen LogP contribution is 2.33. The molecule has 1 aliphatic rings. The molecule has 1 heterocycles. The van der Waals surface area contributed by atoms with E-state index in [0.717, 1.165) is 30.9 Å². The van der Waals surface area contributed by atoms with Gasteiger partial charge >= 0.3 is 6.18 Å². The van der Waals surface area contributed by atoms with Gasteiger partial charge in [0.1, 0.15) is 17.3 Å². The molecule has 8 heteroatoms. The van der Waals surface area contributed by atoms with Gasteiger partial charge < -0.3 is 4.42 Å². The number of oxazole rings is 1. The molecule has 1 aliphatic carbocycles. The van der Waals surface area contributed by atoms with Gasteiger partial charge in [-0.15, -0.1) is 0 Å². The van der Waals surface area contributed by atoms with Crippen LogP contribution in [-0.4, -0.2) is 17.2 Å². The van der Waals surface area contributed by atoms with Crippen molar-refractivity contribution in [2.24, 2.45) is 4.99 Å². The monoisotopic (exact) mass is 504 g/mol. The summed E-state index contributed by atoms with van der Waals surface area (Å²) in [6.45, 7) is 4.25. The quantitative estimate of drug-likeness (QED) is 0.242. The van der Waals surface area contributed by atoms with Gasteiger partial charge in [0.05, 0.1) is 17.7 Å². The van der Waals surface area contributed by atoms with Crippen molar-refractivity contribution in [2.45, 2.75) is 52.1 Å². The summed E-state index contributed by atoms with van der Waals surface area (Å²) in [7, 11) is 0. The molecular weight excluding hydrogens is 480 g/mol. The van der Waals surface area contributed by atoms with Crippen molar-refractivity contribution < 1.29 is 22.0 Å². The van der Waals surface area contributed by atoms with Gasteiger partial charge in [0.15, 0.2) is 5.89 Å². The van der Waals surface area contributed by atoms with Gasteiger partial charge in [-0.25, -0.2) is 9.37 Å². The molecule has 0 unspecified atom stereocenters. The third kappa shape index (κ3) is 5.67. The zero-order valence-corrected chi connectivity index (χ0v) is 20.2. The average Bonchev–Trinajstić information content (AvgIpc) is 3.23. The molecule has 0 amide bonds. The van der Waals surface area contributed by atoms with Crippen molar-refractivity contribution in [3.05, 3.63) is 92.9 Å². The van der Waals surface area contributed by atoms with Crippen molar-refractivity contribution in [3.8, 4) is 0 Å². The first kappa shape index (κ1) is 25.2. The van der Waals surface area contributed by atoms with Gasteiger partial charge in [-0.3, -0.25) is 4.99 Å². The third-order valence-corrected chi connectivity index (χ3v) is 6.32. The van der Waals surface area contributed by atoms with Gasteiger partial charge in [0, 0.05) is 18.0 Å². The molecular formula is C27H25ClF4N2O. The maximum Gasteiger partial charge on any atom is 0.419 e. The maximum absolute atomic E-state index is 14.4. The Bertz CT molecular complexity index is 1290. The number of nitrogens with zero attached hydrogens (tertiary/aromatic N) is 2. The van der Waals surface area contributed by atoms with Crippen molar-refractivity contribution >= 4 is 22.9 Å². The van der Waals surface area contributed by atoms with E-state index < -0.39 is 17.6 Å². The summed E-state index contributed by atoms with van der Waals surface area (Å²) in [5, 5.41) is 0.705. The van der Waals surface area contributed by atoms with Crippen molar-refractivity contribution in [1.82, 2.24) is 4.98 Å². The van der Waals surface area contributed by atoms with Crippen LogP contribution in [0.4, 0.5) is 17.6 Å². The highest BCUT2D eigenvalue weighted by atomic mass is 35.5. The van der Waals surface area contributed by atoms with E-state index in [0.29, 0.717) is 35.2 Å². The first-order chi connectivity index (χ1) is 16.7. The van der Waals surface area contributed by atoms with Crippen LogP contribution in [0.3, 0.4) is 0 Å². The second-order valence-corrected chi connectivity index (χ2v) is 8.91. The van der Waals surface area contributed by atoms with E-state index in [1.54, 1.807) is 0 Å². The lowest BCUT2D eigenvalue weighted by Crippen LogP contribution is -2.10. The van der Waals surface area contributed by atoms with Crippen LogP contribution in [0, 0.1) is 5.82 Å². The average molecular weight is 505 g/mol. The van der Waals surface area contributed by atoms with Crippen LogP contribution in [0.25, 0.3) is 5.57 Å². The second-order valence-electron chi connectivity index (χ2n) is 8.47. The number of hydrogen-bond donors (Lipinski definition) is 0. The van der Waals surface area contributed by atoms with Crippen LogP contribution in [0.15, 0.2) is 51.9 Å². The van der Waals surface area contributed by atoms with Crippen molar-refractivity contribution in [3.63, 3.8) is 0 Å². The minimum atomic E-state index is -4.76. The summed E-state index contributed by atoms with van der Waals surface area (Å²) >= 11 is 6.19. The molecule has 0 bridgehead atoms. The molecule has 3 aromatic rings. The van der Waals surface area contributed by atoms with Crippen LogP contribution >= 0.6 is 11.6 Å². The number of aromatic nitrogens is 1. The molecule has 0 saturated heterocycles. The molecule has 0 N–H and O–H groups in total. The normalized spacial score (nSPS) is 14.1. The number of aliphatic imine (C=N–C) groups is 1. The molecule has 0 aliphatic heterocycles. The highest BCUT2D eigenvalue weighted by Gasteiger charge is 2.35. The molecule has 4 rings (SSSR count). The number of allylic oxidation sites excluding steroid dienone is 1. The first-order valence-corrected chi connectivity index (χ1v) is 11.9. The zero-order chi connectivity index (χ0) is 25.2. The Labute approximate surface area is 206 Å². The number of halogens is 5. The summed E-state index contributed by atoms with van der Waals surface area (Å²) in [4.78, 5) is 9.12. The lowest BCUT2D eigenvalue weighted by molar-refractivity contribution is -0.140. The van der Waals surface area contributed by atoms with Gasteiger partial charge in [-0.1, -0.05) is 42.8 Å². The first-order valence-electron chi connectivity index (χ1n) is 11.5. The van der Waals surface area contributed by atoms with E-state index in [1.807, 2.05) is 26.0 Å². The topological polar surface area (TPSA) is 38.4 Å². The molecule has 35 heavy (non-hydrogen) atoms. The fourth-order valence-electron chi connectivity index (χ4n) is 4.33. The number of benzene rings is 2.